The van der Waals surface area contributed by atoms with Gasteiger partial charge in [-0.25, -0.2) is 0 Å². The molecule has 3 rings (SSSR count). The first-order valence-electron chi connectivity index (χ1n) is 4.79. The molecule has 14 heavy (non-hydrogen) atoms. The standard InChI is InChI=1S/C8H13N5.ClH/c1-12-10-8(9-11-12)7-5-13-3-2-6(7)4-13;/h6-7H,2-5H2,1H3;1H. The monoisotopic (exact) mass is 215 g/mol. The summed E-state index contributed by atoms with van der Waals surface area (Å²) >= 11 is 0. The Hall–Kier alpha value is -0.680. The normalized spacial score (nSPS) is 34.5. The van der Waals surface area contributed by atoms with Gasteiger partial charge < -0.3 is 4.90 Å². The molecule has 5 nitrogen and oxygen atoms in total. The Bertz CT molecular complexity index is 325. The average molecular weight is 216 g/mol. The molecule has 2 aliphatic heterocycles. The van der Waals surface area contributed by atoms with Gasteiger partial charge >= 0.3 is 0 Å². The van der Waals surface area contributed by atoms with Crippen LogP contribution in [0.1, 0.15) is 18.2 Å². The Morgan fingerprint density at radius 1 is 1.36 bits per heavy atom. The Balaban J connectivity index is 0.000000750. The summed E-state index contributed by atoms with van der Waals surface area (Å²) in [6.07, 6.45) is 1.31. The maximum Gasteiger partial charge on any atom is 0.179 e. The highest BCUT2D eigenvalue weighted by molar-refractivity contribution is 5.85. The Morgan fingerprint density at radius 2 is 2.21 bits per heavy atom. The second-order valence-corrected chi connectivity index (χ2v) is 4.05. The van der Waals surface area contributed by atoms with Gasteiger partial charge in [0.15, 0.2) is 5.82 Å². The molecule has 1 aromatic rings. The number of aryl methyl sites for hydroxylation is 1. The molecular weight excluding hydrogens is 202 g/mol. The topological polar surface area (TPSA) is 46.8 Å². The van der Waals surface area contributed by atoms with E-state index < -0.39 is 0 Å². The SMILES string of the molecule is Cl.Cn1nnc(C2CN3CCC2C3)n1. The van der Waals surface area contributed by atoms with Gasteiger partial charge in [-0.3, -0.25) is 0 Å². The Labute approximate surface area is 88.9 Å². The fraction of sp³-hybridized carbons (Fsp3) is 0.875. The van der Waals surface area contributed by atoms with Crippen LogP contribution < -0.4 is 0 Å². The van der Waals surface area contributed by atoms with Gasteiger partial charge in [-0.15, -0.1) is 22.6 Å². The highest BCUT2D eigenvalue weighted by Crippen LogP contribution is 2.37. The second kappa shape index (κ2) is 3.47. The van der Waals surface area contributed by atoms with Crippen LogP contribution in [-0.4, -0.2) is 44.7 Å². The molecule has 0 N–H and O–H groups in total. The second-order valence-electron chi connectivity index (χ2n) is 4.05. The third-order valence-electron chi connectivity index (χ3n) is 3.19. The van der Waals surface area contributed by atoms with E-state index in [1.54, 1.807) is 4.80 Å². The molecule has 6 heteroatoms. The molecule has 78 valence electrons. The number of rotatable bonds is 1. The molecule has 3 atom stereocenters. The molecule has 3 heterocycles. The highest BCUT2D eigenvalue weighted by Gasteiger charge is 2.40. The molecule has 0 amide bonds. The van der Waals surface area contributed by atoms with Crippen molar-refractivity contribution in [1.29, 1.82) is 0 Å². The Kier molecular flexibility index (Phi) is 2.45. The lowest BCUT2D eigenvalue weighted by Crippen LogP contribution is -2.22. The molecule has 0 saturated carbocycles. The van der Waals surface area contributed by atoms with Crippen molar-refractivity contribution in [3.8, 4) is 0 Å². The first-order chi connectivity index (χ1) is 6.33. The minimum absolute atomic E-state index is 0. The van der Waals surface area contributed by atoms with Gasteiger partial charge in [0.05, 0.1) is 7.05 Å². The minimum atomic E-state index is 0. The number of nitrogens with zero attached hydrogens (tertiary/aromatic N) is 5. The third-order valence-corrected chi connectivity index (χ3v) is 3.19. The van der Waals surface area contributed by atoms with Crippen molar-refractivity contribution in [3.63, 3.8) is 0 Å². The quantitative estimate of drug-likeness (QED) is 0.664. The number of halogens is 1. The summed E-state index contributed by atoms with van der Waals surface area (Å²) in [5, 5.41) is 12.3. The van der Waals surface area contributed by atoms with Crippen molar-refractivity contribution in [2.75, 3.05) is 19.6 Å². The maximum atomic E-state index is 4.28. The number of tetrazole rings is 1. The summed E-state index contributed by atoms with van der Waals surface area (Å²) in [5.41, 5.74) is 0. The Morgan fingerprint density at radius 3 is 2.71 bits per heavy atom. The van der Waals surface area contributed by atoms with Crippen molar-refractivity contribution in [1.82, 2.24) is 25.1 Å². The zero-order valence-electron chi connectivity index (χ0n) is 8.13. The van der Waals surface area contributed by atoms with Gasteiger partial charge in [-0.1, -0.05) is 0 Å². The van der Waals surface area contributed by atoms with Crippen molar-refractivity contribution in [2.45, 2.75) is 12.3 Å². The fourth-order valence-corrected chi connectivity index (χ4v) is 2.52. The van der Waals surface area contributed by atoms with E-state index in [0.29, 0.717) is 5.92 Å². The molecule has 0 aliphatic carbocycles. The van der Waals surface area contributed by atoms with Crippen LogP contribution in [0.5, 0.6) is 0 Å². The van der Waals surface area contributed by atoms with Gasteiger partial charge in [0.25, 0.3) is 0 Å². The van der Waals surface area contributed by atoms with Crippen LogP contribution in [0.15, 0.2) is 0 Å². The van der Waals surface area contributed by atoms with E-state index in [1.165, 1.54) is 19.5 Å². The number of fused-ring (bicyclic) bond motifs is 2. The molecule has 0 spiro atoms. The number of hydrogen-bond acceptors (Lipinski definition) is 4. The zero-order chi connectivity index (χ0) is 8.84. The van der Waals surface area contributed by atoms with Gasteiger partial charge in [0.1, 0.15) is 0 Å². The van der Waals surface area contributed by atoms with Gasteiger partial charge in [-0.2, -0.15) is 4.80 Å². The summed E-state index contributed by atoms with van der Waals surface area (Å²) in [5.74, 6) is 2.27. The van der Waals surface area contributed by atoms with E-state index in [0.717, 1.165) is 18.3 Å². The van der Waals surface area contributed by atoms with E-state index in [9.17, 15) is 0 Å². The van der Waals surface area contributed by atoms with Crippen LogP contribution in [0.2, 0.25) is 0 Å². The lowest BCUT2D eigenvalue weighted by molar-refractivity contribution is 0.340. The minimum Gasteiger partial charge on any atom is -0.302 e. The summed E-state index contributed by atoms with van der Waals surface area (Å²) in [6.45, 7) is 3.64. The third kappa shape index (κ3) is 1.40. The summed E-state index contributed by atoms with van der Waals surface area (Å²) in [6, 6.07) is 0. The zero-order valence-corrected chi connectivity index (χ0v) is 8.94. The molecule has 1 aromatic heterocycles. The molecular formula is C8H14ClN5. The van der Waals surface area contributed by atoms with Crippen molar-refractivity contribution in [3.05, 3.63) is 5.82 Å². The molecule has 3 unspecified atom stereocenters. The molecule has 2 bridgehead atoms. The maximum absolute atomic E-state index is 4.28. The molecule has 2 saturated heterocycles. The first kappa shape index (κ1) is 9.86. The van der Waals surface area contributed by atoms with Crippen molar-refractivity contribution >= 4 is 12.4 Å². The van der Waals surface area contributed by atoms with E-state index in [-0.39, 0.29) is 12.4 Å². The van der Waals surface area contributed by atoms with Crippen LogP contribution >= 0.6 is 12.4 Å². The van der Waals surface area contributed by atoms with Gasteiger partial charge in [-0.05, 0) is 24.1 Å². The summed E-state index contributed by atoms with van der Waals surface area (Å²) in [4.78, 5) is 4.04. The van der Waals surface area contributed by atoms with Crippen LogP contribution in [0.25, 0.3) is 0 Å². The predicted octanol–water partition coefficient (Wildman–Crippen LogP) is 0.0510. The summed E-state index contributed by atoms with van der Waals surface area (Å²) in [7, 11) is 1.82. The predicted molar refractivity (Wildman–Crippen MR) is 53.3 cm³/mol. The van der Waals surface area contributed by atoms with Gasteiger partial charge in [0, 0.05) is 19.0 Å². The highest BCUT2D eigenvalue weighted by atomic mass is 35.5. The smallest absolute Gasteiger partial charge is 0.179 e. The molecule has 2 aliphatic rings. The van der Waals surface area contributed by atoms with Crippen LogP contribution in [-0.2, 0) is 7.05 Å². The summed E-state index contributed by atoms with van der Waals surface area (Å²) < 4.78 is 0. The number of piperidine rings is 1. The number of hydrogen-bond donors (Lipinski definition) is 0. The van der Waals surface area contributed by atoms with Crippen molar-refractivity contribution < 1.29 is 0 Å². The van der Waals surface area contributed by atoms with E-state index in [2.05, 4.69) is 20.3 Å². The molecule has 0 radical (unpaired) electrons. The largest absolute Gasteiger partial charge is 0.302 e. The first-order valence-corrected chi connectivity index (χ1v) is 4.79. The van der Waals surface area contributed by atoms with Crippen molar-refractivity contribution in [2.24, 2.45) is 13.0 Å². The van der Waals surface area contributed by atoms with Gasteiger partial charge in [0.2, 0.25) is 0 Å². The molecule has 0 aromatic carbocycles. The molecule has 2 fully saturated rings. The lowest BCUT2D eigenvalue weighted by atomic mass is 9.92. The van der Waals surface area contributed by atoms with Crippen LogP contribution in [0.4, 0.5) is 0 Å². The lowest BCUT2D eigenvalue weighted by Gasteiger charge is -2.18. The van der Waals surface area contributed by atoms with E-state index in [1.807, 2.05) is 7.05 Å². The van der Waals surface area contributed by atoms with Crippen LogP contribution in [0, 0.1) is 5.92 Å². The number of aromatic nitrogens is 4. The van der Waals surface area contributed by atoms with E-state index in [4.69, 9.17) is 0 Å². The van der Waals surface area contributed by atoms with Crippen LogP contribution in [0.3, 0.4) is 0 Å². The van der Waals surface area contributed by atoms with E-state index >= 15 is 0 Å². The fourth-order valence-electron chi connectivity index (χ4n) is 2.52. The average Bonchev–Trinajstić information content (AvgIpc) is 2.77.